The quantitative estimate of drug-likeness (QED) is 0.792. The third-order valence-corrected chi connectivity index (χ3v) is 2.69. The molecule has 0 unspecified atom stereocenters. The third-order valence-electron chi connectivity index (χ3n) is 2.69. The number of hydrogen-bond donors (Lipinski definition) is 2. The lowest BCUT2D eigenvalue weighted by molar-refractivity contribution is 0.102. The van der Waals surface area contributed by atoms with E-state index in [1.54, 1.807) is 31.4 Å². The van der Waals surface area contributed by atoms with E-state index < -0.39 is 0 Å². The number of benzene rings is 1. The minimum Gasteiger partial charge on any atom is -0.491 e. The number of H-pyrrole nitrogens is 1. The largest absolute Gasteiger partial charge is 0.491 e. The fourth-order valence-corrected chi connectivity index (χ4v) is 1.66. The Labute approximate surface area is 121 Å². The number of aromatic amines is 1. The van der Waals surface area contributed by atoms with Gasteiger partial charge in [-0.25, -0.2) is 0 Å². The van der Waals surface area contributed by atoms with E-state index in [2.05, 4.69) is 10.3 Å². The van der Waals surface area contributed by atoms with E-state index >= 15 is 0 Å². The summed E-state index contributed by atoms with van der Waals surface area (Å²) < 4.78 is 10.4. The van der Waals surface area contributed by atoms with Crippen LogP contribution < -0.4 is 15.6 Å². The van der Waals surface area contributed by atoms with Gasteiger partial charge in [0.25, 0.3) is 5.91 Å². The Balaban J connectivity index is 2.01. The number of nitrogens with one attached hydrogen (secondary N) is 2. The highest BCUT2D eigenvalue weighted by atomic mass is 16.5. The minimum atomic E-state index is -0.305. The van der Waals surface area contributed by atoms with Crippen molar-refractivity contribution in [2.24, 2.45) is 0 Å². The van der Waals surface area contributed by atoms with E-state index in [0.29, 0.717) is 30.2 Å². The molecule has 0 fully saturated rings. The van der Waals surface area contributed by atoms with Gasteiger partial charge in [0.2, 0.25) is 5.56 Å². The van der Waals surface area contributed by atoms with Crippen LogP contribution in [0.4, 0.5) is 5.69 Å². The van der Waals surface area contributed by atoms with Crippen LogP contribution in [0, 0.1) is 0 Å². The summed E-state index contributed by atoms with van der Waals surface area (Å²) in [5, 5.41) is 2.74. The van der Waals surface area contributed by atoms with Gasteiger partial charge in [-0.3, -0.25) is 9.59 Å². The zero-order chi connectivity index (χ0) is 15.1. The molecule has 110 valence electrons. The molecule has 2 aromatic rings. The summed E-state index contributed by atoms with van der Waals surface area (Å²) in [5.74, 6) is 0.339. The number of aromatic nitrogens is 1. The van der Waals surface area contributed by atoms with Gasteiger partial charge in [0.15, 0.2) is 0 Å². The molecule has 1 aromatic heterocycles. The molecule has 6 heteroatoms. The minimum absolute atomic E-state index is 0.250. The first-order chi connectivity index (χ1) is 10.2. The maximum atomic E-state index is 12.0. The number of carbonyl (C=O) groups is 1. The van der Waals surface area contributed by atoms with E-state index in [9.17, 15) is 9.59 Å². The number of pyridine rings is 1. The standard InChI is InChI=1S/C15H16N2O4/c1-20-7-8-21-13-4-2-3-12(9-13)17-15(19)11-5-6-14(18)16-10-11/h2-6,9-10H,7-8H2,1H3,(H,16,18)(H,17,19). The second-order valence-electron chi connectivity index (χ2n) is 4.26. The van der Waals surface area contributed by atoms with Crippen LogP contribution in [0.2, 0.25) is 0 Å². The van der Waals surface area contributed by atoms with Gasteiger partial charge in [-0.2, -0.15) is 0 Å². The van der Waals surface area contributed by atoms with Crippen molar-refractivity contribution in [1.82, 2.24) is 4.98 Å². The number of amides is 1. The molecule has 1 heterocycles. The number of ether oxygens (including phenoxy) is 2. The van der Waals surface area contributed by atoms with Gasteiger partial charge >= 0.3 is 0 Å². The Morgan fingerprint density at radius 1 is 1.24 bits per heavy atom. The van der Waals surface area contributed by atoms with Gasteiger partial charge in [-0.05, 0) is 18.2 Å². The highest BCUT2D eigenvalue weighted by Crippen LogP contribution is 2.17. The molecule has 1 aromatic carbocycles. The van der Waals surface area contributed by atoms with Gasteiger partial charge in [0, 0.05) is 31.1 Å². The molecule has 1 amide bonds. The maximum absolute atomic E-state index is 12.0. The maximum Gasteiger partial charge on any atom is 0.257 e. The molecule has 6 nitrogen and oxygen atoms in total. The summed E-state index contributed by atoms with van der Waals surface area (Å²) in [4.78, 5) is 25.4. The summed E-state index contributed by atoms with van der Waals surface area (Å²) in [7, 11) is 1.60. The molecular weight excluding hydrogens is 272 g/mol. The van der Waals surface area contributed by atoms with Crippen molar-refractivity contribution in [3.05, 3.63) is 58.5 Å². The normalized spacial score (nSPS) is 10.1. The highest BCUT2D eigenvalue weighted by molar-refractivity contribution is 6.04. The average molecular weight is 288 g/mol. The molecule has 0 aliphatic rings. The van der Waals surface area contributed by atoms with Crippen LogP contribution in [-0.4, -0.2) is 31.2 Å². The molecule has 0 saturated carbocycles. The Morgan fingerprint density at radius 3 is 2.81 bits per heavy atom. The summed E-state index contributed by atoms with van der Waals surface area (Å²) in [5.41, 5.74) is 0.738. The number of rotatable bonds is 6. The fourth-order valence-electron chi connectivity index (χ4n) is 1.66. The van der Waals surface area contributed by atoms with Gasteiger partial charge in [-0.15, -0.1) is 0 Å². The first-order valence-corrected chi connectivity index (χ1v) is 6.41. The number of anilines is 1. The topological polar surface area (TPSA) is 80.4 Å². The lowest BCUT2D eigenvalue weighted by Gasteiger charge is -2.09. The van der Waals surface area contributed by atoms with Crippen molar-refractivity contribution in [3.63, 3.8) is 0 Å². The fraction of sp³-hybridized carbons (Fsp3) is 0.200. The second kappa shape index (κ2) is 7.25. The molecule has 2 N–H and O–H groups in total. The number of hydrogen-bond acceptors (Lipinski definition) is 4. The van der Waals surface area contributed by atoms with Crippen LogP contribution in [0.3, 0.4) is 0 Å². The lowest BCUT2D eigenvalue weighted by atomic mass is 10.2. The van der Waals surface area contributed by atoms with Gasteiger partial charge in [0.05, 0.1) is 12.2 Å². The van der Waals surface area contributed by atoms with Crippen LogP contribution in [0.1, 0.15) is 10.4 Å². The second-order valence-corrected chi connectivity index (χ2v) is 4.26. The van der Waals surface area contributed by atoms with Crippen molar-refractivity contribution in [2.75, 3.05) is 25.6 Å². The van der Waals surface area contributed by atoms with Crippen molar-refractivity contribution < 1.29 is 14.3 Å². The predicted octanol–water partition coefficient (Wildman–Crippen LogP) is 1.65. The molecule has 0 aliphatic heterocycles. The van der Waals surface area contributed by atoms with E-state index in [4.69, 9.17) is 9.47 Å². The molecule has 0 spiro atoms. The highest BCUT2D eigenvalue weighted by Gasteiger charge is 2.06. The summed E-state index contributed by atoms with van der Waals surface area (Å²) >= 11 is 0. The van der Waals surface area contributed by atoms with Crippen LogP contribution >= 0.6 is 0 Å². The monoisotopic (exact) mass is 288 g/mol. The van der Waals surface area contributed by atoms with E-state index in [0.717, 1.165) is 0 Å². The Hall–Kier alpha value is -2.60. The van der Waals surface area contributed by atoms with E-state index in [-0.39, 0.29) is 11.5 Å². The van der Waals surface area contributed by atoms with Gasteiger partial charge in [0.1, 0.15) is 12.4 Å². The number of carbonyl (C=O) groups excluding carboxylic acids is 1. The van der Waals surface area contributed by atoms with E-state index in [1.807, 2.05) is 0 Å². The smallest absolute Gasteiger partial charge is 0.257 e. The van der Waals surface area contributed by atoms with Crippen LogP contribution in [-0.2, 0) is 4.74 Å². The van der Waals surface area contributed by atoms with Crippen molar-refractivity contribution in [3.8, 4) is 5.75 Å². The zero-order valence-electron chi connectivity index (χ0n) is 11.6. The van der Waals surface area contributed by atoms with E-state index in [1.165, 1.54) is 18.3 Å². The number of methoxy groups -OCH3 is 1. The van der Waals surface area contributed by atoms with Crippen molar-refractivity contribution in [1.29, 1.82) is 0 Å². The Kier molecular flexibility index (Phi) is 5.11. The van der Waals surface area contributed by atoms with Gasteiger partial charge in [-0.1, -0.05) is 6.07 Å². The van der Waals surface area contributed by atoms with Crippen molar-refractivity contribution >= 4 is 11.6 Å². The third kappa shape index (κ3) is 4.47. The van der Waals surface area contributed by atoms with Crippen LogP contribution in [0.5, 0.6) is 5.75 Å². The first-order valence-electron chi connectivity index (χ1n) is 6.41. The summed E-state index contributed by atoms with van der Waals surface area (Å²) in [6.45, 7) is 0.932. The molecule has 0 saturated heterocycles. The molecule has 0 aliphatic carbocycles. The molecular formula is C15H16N2O4. The molecule has 0 atom stereocenters. The van der Waals surface area contributed by atoms with Gasteiger partial charge < -0.3 is 19.8 Å². The first kappa shape index (κ1) is 14.8. The predicted molar refractivity (Wildman–Crippen MR) is 78.8 cm³/mol. The zero-order valence-corrected chi connectivity index (χ0v) is 11.6. The lowest BCUT2D eigenvalue weighted by Crippen LogP contribution is -2.14. The summed E-state index contributed by atoms with van der Waals surface area (Å²) in [6.07, 6.45) is 1.37. The average Bonchev–Trinajstić information content (AvgIpc) is 2.48. The molecule has 0 radical (unpaired) electrons. The summed E-state index contributed by atoms with van der Waals surface area (Å²) in [6, 6.07) is 9.83. The SMILES string of the molecule is COCCOc1cccc(NC(=O)c2ccc(=O)[nH]c2)c1. The molecule has 0 bridgehead atoms. The van der Waals surface area contributed by atoms with Crippen LogP contribution in [0.25, 0.3) is 0 Å². The molecule has 21 heavy (non-hydrogen) atoms. The van der Waals surface area contributed by atoms with Crippen molar-refractivity contribution in [2.45, 2.75) is 0 Å². The van der Waals surface area contributed by atoms with Crippen LogP contribution in [0.15, 0.2) is 47.4 Å². The Morgan fingerprint density at radius 2 is 2.10 bits per heavy atom. The Bertz CT molecular complexity index is 646. The molecule has 2 rings (SSSR count).